The monoisotopic (exact) mass is 366 g/mol. The predicted molar refractivity (Wildman–Crippen MR) is 90.8 cm³/mol. The third-order valence-corrected chi connectivity index (χ3v) is 6.22. The van der Waals surface area contributed by atoms with Gasteiger partial charge in [0, 0.05) is 18.2 Å². The maximum Gasteiger partial charge on any atom is 0.326 e. The number of aliphatic carboxylic acids is 1. The molecule has 1 amide bonds. The van der Waals surface area contributed by atoms with Crippen LogP contribution in [0.2, 0.25) is 0 Å². The SMILES string of the molecule is Cc1ccc(S(=O)(=O)NC2CC2)cc1C(=O)N1CCCCC1C(=O)O. The maximum atomic E-state index is 12.9. The number of carboxylic acids is 1. The molecule has 0 aromatic heterocycles. The molecule has 0 bridgehead atoms. The van der Waals surface area contributed by atoms with E-state index in [0.717, 1.165) is 25.7 Å². The zero-order valence-corrected chi connectivity index (χ0v) is 14.9. The zero-order chi connectivity index (χ0) is 18.2. The highest BCUT2D eigenvalue weighted by Gasteiger charge is 2.34. The number of carboxylic acid groups (broad SMARTS) is 1. The van der Waals surface area contributed by atoms with Gasteiger partial charge in [-0.15, -0.1) is 0 Å². The fourth-order valence-corrected chi connectivity index (χ4v) is 4.40. The van der Waals surface area contributed by atoms with Crippen molar-refractivity contribution < 1.29 is 23.1 Å². The average molecular weight is 366 g/mol. The van der Waals surface area contributed by atoms with Gasteiger partial charge < -0.3 is 10.0 Å². The first kappa shape index (κ1) is 17.9. The number of sulfonamides is 1. The number of aryl methyl sites for hydroxylation is 1. The van der Waals surface area contributed by atoms with Gasteiger partial charge in [0.2, 0.25) is 10.0 Å². The number of piperidine rings is 1. The number of carbonyl (C=O) groups excluding carboxylic acids is 1. The van der Waals surface area contributed by atoms with Crippen LogP contribution in [0, 0.1) is 6.92 Å². The Morgan fingerprint density at radius 2 is 1.92 bits per heavy atom. The highest BCUT2D eigenvalue weighted by Crippen LogP contribution is 2.25. The minimum Gasteiger partial charge on any atom is -0.480 e. The smallest absolute Gasteiger partial charge is 0.326 e. The van der Waals surface area contributed by atoms with Crippen LogP contribution < -0.4 is 4.72 Å². The normalized spacial score (nSPS) is 21.2. The highest BCUT2D eigenvalue weighted by molar-refractivity contribution is 7.89. The van der Waals surface area contributed by atoms with E-state index in [1.807, 2.05) is 0 Å². The van der Waals surface area contributed by atoms with Crippen LogP contribution in [-0.2, 0) is 14.8 Å². The van der Waals surface area contributed by atoms with Gasteiger partial charge in [-0.05, 0) is 56.7 Å². The van der Waals surface area contributed by atoms with E-state index in [-0.39, 0.29) is 16.5 Å². The summed E-state index contributed by atoms with van der Waals surface area (Å²) in [6.07, 6.45) is 3.58. The zero-order valence-electron chi connectivity index (χ0n) is 14.1. The summed E-state index contributed by atoms with van der Waals surface area (Å²) in [6, 6.07) is 3.54. The van der Waals surface area contributed by atoms with Gasteiger partial charge in [0.1, 0.15) is 6.04 Å². The van der Waals surface area contributed by atoms with Crippen LogP contribution in [0.15, 0.2) is 23.1 Å². The third-order valence-electron chi connectivity index (χ3n) is 4.70. The summed E-state index contributed by atoms with van der Waals surface area (Å²) < 4.78 is 27.4. The van der Waals surface area contributed by atoms with E-state index in [9.17, 15) is 23.1 Å². The molecule has 7 nitrogen and oxygen atoms in total. The Morgan fingerprint density at radius 3 is 2.56 bits per heavy atom. The first-order chi connectivity index (χ1) is 11.8. The molecule has 25 heavy (non-hydrogen) atoms. The van der Waals surface area contributed by atoms with Gasteiger partial charge >= 0.3 is 5.97 Å². The summed E-state index contributed by atoms with van der Waals surface area (Å²) in [4.78, 5) is 25.7. The third kappa shape index (κ3) is 3.85. The standard InChI is InChI=1S/C17H22N2O5S/c1-11-5-8-13(25(23,24)18-12-6-7-12)10-14(11)16(20)19-9-3-2-4-15(19)17(21)22/h5,8,10,12,15,18H,2-4,6-7,9H2,1H3,(H,21,22). The molecule has 1 aromatic rings. The van der Waals surface area contributed by atoms with Crippen molar-refractivity contribution in [3.05, 3.63) is 29.3 Å². The quantitative estimate of drug-likeness (QED) is 0.822. The first-order valence-corrected chi connectivity index (χ1v) is 9.94. The average Bonchev–Trinajstić information content (AvgIpc) is 3.37. The molecule has 1 saturated heterocycles. The molecule has 1 heterocycles. The lowest BCUT2D eigenvalue weighted by Gasteiger charge is -2.33. The molecule has 1 aliphatic heterocycles. The number of carbonyl (C=O) groups is 2. The van der Waals surface area contributed by atoms with Gasteiger partial charge in [0.05, 0.1) is 4.90 Å². The number of benzene rings is 1. The molecule has 8 heteroatoms. The molecule has 1 saturated carbocycles. The van der Waals surface area contributed by atoms with Crippen molar-refractivity contribution in [3.8, 4) is 0 Å². The number of rotatable bonds is 5. The van der Waals surface area contributed by atoms with Crippen molar-refractivity contribution in [2.75, 3.05) is 6.54 Å². The van der Waals surface area contributed by atoms with Crippen LogP contribution in [0.1, 0.15) is 48.0 Å². The molecule has 2 aliphatic rings. The second kappa shape index (κ2) is 6.76. The van der Waals surface area contributed by atoms with Crippen molar-refractivity contribution >= 4 is 21.9 Å². The van der Waals surface area contributed by atoms with Crippen molar-refractivity contribution in [2.24, 2.45) is 0 Å². The molecule has 2 N–H and O–H groups in total. The van der Waals surface area contributed by atoms with E-state index in [4.69, 9.17) is 0 Å². The van der Waals surface area contributed by atoms with Crippen molar-refractivity contribution in [3.63, 3.8) is 0 Å². The number of nitrogens with zero attached hydrogens (tertiary/aromatic N) is 1. The molecule has 1 unspecified atom stereocenters. The molecule has 0 radical (unpaired) electrons. The molecule has 1 aromatic carbocycles. The van der Waals surface area contributed by atoms with Gasteiger partial charge in [-0.3, -0.25) is 4.79 Å². The Kier molecular flexibility index (Phi) is 4.83. The Balaban J connectivity index is 1.91. The van der Waals surface area contributed by atoms with Crippen LogP contribution >= 0.6 is 0 Å². The summed E-state index contributed by atoms with van der Waals surface area (Å²) in [6.45, 7) is 2.09. The van der Waals surface area contributed by atoms with Crippen molar-refractivity contribution in [2.45, 2.75) is 56.0 Å². The molecule has 1 atom stereocenters. The number of nitrogens with one attached hydrogen (secondary N) is 1. The summed E-state index contributed by atoms with van der Waals surface area (Å²) in [5.74, 6) is -1.45. The Bertz CT molecular complexity index is 801. The molecule has 136 valence electrons. The van der Waals surface area contributed by atoms with Crippen LogP contribution in [0.5, 0.6) is 0 Å². The fourth-order valence-electron chi connectivity index (χ4n) is 3.07. The lowest BCUT2D eigenvalue weighted by Crippen LogP contribution is -2.48. The minimum atomic E-state index is -3.67. The Labute approximate surface area is 147 Å². The predicted octanol–water partition coefficient (Wildman–Crippen LogP) is 1.52. The van der Waals surface area contributed by atoms with Gasteiger partial charge in [0.25, 0.3) is 5.91 Å². The maximum absolute atomic E-state index is 12.9. The van der Waals surface area contributed by atoms with E-state index < -0.39 is 27.9 Å². The molecular weight excluding hydrogens is 344 g/mol. The number of hydrogen-bond donors (Lipinski definition) is 2. The Morgan fingerprint density at radius 1 is 1.20 bits per heavy atom. The van der Waals surface area contributed by atoms with Crippen LogP contribution in [-0.4, -0.2) is 48.9 Å². The largest absolute Gasteiger partial charge is 0.480 e. The first-order valence-electron chi connectivity index (χ1n) is 8.46. The van der Waals surface area contributed by atoms with E-state index in [1.165, 1.54) is 17.0 Å². The highest BCUT2D eigenvalue weighted by atomic mass is 32.2. The topological polar surface area (TPSA) is 104 Å². The van der Waals surface area contributed by atoms with Crippen LogP contribution in [0.4, 0.5) is 0 Å². The van der Waals surface area contributed by atoms with Crippen molar-refractivity contribution in [1.29, 1.82) is 0 Å². The van der Waals surface area contributed by atoms with E-state index in [0.29, 0.717) is 18.5 Å². The van der Waals surface area contributed by atoms with Crippen LogP contribution in [0.3, 0.4) is 0 Å². The second-order valence-electron chi connectivity index (χ2n) is 6.72. The van der Waals surface area contributed by atoms with Crippen LogP contribution in [0.25, 0.3) is 0 Å². The lowest BCUT2D eigenvalue weighted by molar-refractivity contribution is -0.143. The summed E-state index contributed by atoms with van der Waals surface area (Å²) in [5.41, 5.74) is 0.872. The molecule has 3 rings (SSSR count). The number of likely N-dealkylation sites (tertiary alicyclic amines) is 1. The van der Waals surface area contributed by atoms with Crippen molar-refractivity contribution in [1.82, 2.24) is 9.62 Å². The summed E-state index contributed by atoms with van der Waals surface area (Å²) >= 11 is 0. The second-order valence-corrected chi connectivity index (χ2v) is 8.43. The summed E-state index contributed by atoms with van der Waals surface area (Å²) in [5, 5.41) is 9.36. The lowest BCUT2D eigenvalue weighted by atomic mass is 9.99. The van der Waals surface area contributed by atoms with Gasteiger partial charge in [-0.25, -0.2) is 17.9 Å². The Hall–Kier alpha value is -1.93. The van der Waals surface area contributed by atoms with Gasteiger partial charge in [-0.1, -0.05) is 6.07 Å². The van der Waals surface area contributed by atoms with E-state index in [1.54, 1.807) is 13.0 Å². The minimum absolute atomic E-state index is 0.0241. The van der Waals surface area contributed by atoms with E-state index in [2.05, 4.69) is 4.72 Å². The number of amides is 1. The number of hydrogen-bond acceptors (Lipinski definition) is 4. The van der Waals surface area contributed by atoms with Gasteiger partial charge in [-0.2, -0.15) is 0 Å². The summed E-state index contributed by atoms with van der Waals surface area (Å²) in [7, 11) is -3.67. The van der Waals surface area contributed by atoms with Gasteiger partial charge in [0.15, 0.2) is 0 Å². The molecular formula is C17H22N2O5S. The van der Waals surface area contributed by atoms with E-state index >= 15 is 0 Å². The molecule has 0 spiro atoms. The fraction of sp³-hybridized carbons (Fsp3) is 0.529. The molecule has 2 fully saturated rings. The molecule has 1 aliphatic carbocycles.